The maximum atomic E-state index is 11.9. The van der Waals surface area contributed by atoms with Gasteiger partial charge in [-0.25, -0.2) is 0 Å². The third-order valence-corrected chi connectivity index (χ3v) is 4.08. The highest BCUT2D eigenvalue weighted by Gasteiger charge is 2.13. The van der Waals surface area contributed by atoms with E-state index in [9.17, 15) is 4.79 Å². The van der Waals surface area contributed by atoms with Gasteiger partial charge < -0.3 is 15.4 Å². The minimum absolute atomic E-state index is 0.0470. The highest BCUT2D eigenvalue weighted by atomic mass is 32.2. The van der Waals surface area contributed by atoms with Crippen LogP contribution in [0.3, 0.4) is 0 Å². The van der Waals surface area contributed by atoms with Gasteiger partial charge in [-0.05, 0) is 37.6 Å². The molecule has 0 saturated carbocycles. The van der Waals surface area contributed by atoms with Crippen LogP contribution in [0.5, 0.6) is 0 Å². The predicted molar refractivity (Wildman–Crippen MR) is 88.6 cm³/mol. The Balaban J connectivity index is 2.38. The molecule has 1 unspecified atom stereocenters. The van der Waals surface area contributed by atoms with Crippen molar-refractivity contribution in [3.05, 3.63) is 29.8 Å². The number of hydrogen-bond acceptors (Lipinski definition) is 4. The van der Waals surface area contributed by atoms with Crippen molar-refractivity contribution in [2.75, 3.05) is 26.8 Å². The van der Waals surface area contributed by atoms with Crippen molar-refractivity contribution in [3.8, 4) is 0 Å². The molecule has 0 aromatic heterocycles. The van der Waals surface area contributed by atoms with E-state index in [2.05, 4.69) is 41.8 Å². The van der Waals surface area contributed by atoms with Crippen molar-refractivity contribution >= 4 is 17.7 Å². The Bertz CT molecular complexity index is 409. The van der Waals surface area contributed by atoms with E-state index in [-0.39, 0.29) is 11.2 Å². The fraction of sp³-hybridized carbons (Fsp3) is 0.562. The third kappa shape index (κ3) is 7.50. The lowest BCUT2D eigenvalue weighted by atomic mass is 10.2. The van der Waals surface area contributed by atoms with Crippen molar-refractivity contribution in [1.82, 2.24) is 10.6 Å². The predicted octanol–water partition coefficient (Wildman–Crippen LogP) is 2.43. The van der Waals surface area contributed by atoms with E-state index in [0.717, 1.165) is 24.4 Å². The molecule has 0 aliphatic rings. The Morgan fingerprint density at radius 1 is 1.29 bits per heavy atom. The molecule has 0 radical (unpaired) electrons. The lowest BCUT2D eigenvalue weighted by Crippen LogP contribution is -2.33. The molecule has 1 aromatic carbocycles. The van der Waals surface area contributed by atoms with Crippen LogP contribution in [0.1, 0.15) is 25.8 Å². The van der Waals surface area contributed by atoms with E-state index >= 15 is 0 Å². The summed E-state index contributed by atoms with van der Waals surface area (Å²) >= 11 is 1.57. The molecule has 0 aliphatic heterocycles. The van der Waals surface area contributed by atoms with Gasteiger partial charge in [0.25, 0.3) is 0 Å². The fourth-order valence-corrected chi connectivity index (χ4v) is 2.66. The number of thioether (sulfide) groups is 1. The maximum absolute atomic E-state index is 11.9. The molecule has 0 saturated heterocycles. The van der Waals surface area contributed by atoms with Crippen LogP contribution in [0, 0.1) is 0 Å². The topological polar surface area (TPSA) is 50.4 Å². The molecule has 118 valence electrons. The van der Waals surface area contributed by atoms with Crippen molar-refractivity contribution in [2.24, 2.45) is 0 Å². The van der Waals surface area contributed by atoms with Crippen LogP contribution in [0.2, 0.25) is 0 Å². The second-order valence-electron chi connectivity index (χ2n) is 4.86. The number of carbonyl (C=O) groups is 1. The van der Waals surface area contributed by atoms with Crippen LogP contribution < -0.4 is 10.6 Å². The smallest absolute Gasteiger partial charge is 0.233 e. The van der Waals surface area contributed by atoms with Gasteiger partial charge in [0.1, 0.15) is 0 Å². The molecule has 2 N–H and O–H groups in total. The summed E-state index contributed by atoms with van der Waals surface area (Å²) in [5, 5.41) is 6.12. The van der Waals surface area contributed by atoms with Gasteiger partial charge in [-0.2, -0.15) is 0 Å². The van der Waals surface area contributed by atoms with Gasteiger partial charge in [0.05, 0.1) is 11.9 Å². The second-order valence-corrected chi connectivity index (χ2v) is 6.28. The van der Waals surface area contributed by atoms with Gasteiger partial charge in [0, 0.05) is 25.1 Å². The average Bonchev–Trinajstić information content (AvgIpc) is 2.49. The van der Waals surface area contributed by atoms with Crippen LogP contribution in [0.25, 0.3) is 0 Å². The molecule has 0 fully saturated rings. The maximum Gasteiger partial charge on any atom is 0.233 e. The first-order valence-electron chi connectivity index (χ1n) is 7.40. The average molecular weight is 310 g/mol. The summed E-state index contributed by atoms with van der Waals surface area (Å²) < 4.78 is 4.92. The molecule has 0 heterocycles. The number of nitrogens with one attached hydrogen (secondary N) is 2. The molecule has 5 heteroatoms. The number of amides is 1. The molecule has 1 rings (SSSR count). The molecule has 4 nitrogen and oxygen atoms in total. The van der Waals surface area contributed by atoms with E-state index < -0.39 is 0 Å². The molecule has 1 aromatic rings. The Hall–Kier alpha value is -1.04. The number of methoxy groups -OCH3 is 1. The molecule has 0 bridgehead atoms. The van der Waals surface area contributed by atoms with Crippen LogP contribution in [0.15, 0.2) is 29.2 Å². The summed E-state index contributed by atoms with van der Waals surface area (Å²) in [4.78, 5) is 13.0. The lowest BCUT2D eigenvalue weighted by Gasteiger charge is -2.12. The van der Waals surface area contributed by atoms with E-state index in [1.54, 1.807) is 18.9 Å². The van der Waals surface area contributed by atoms with Crippen LogP contribution >= 0.6 is 11.8 Å². The van der Waals surface area contributed by atoms with Crippen LogP contribution in [-0.4, -0.2) is 38.0 Å². The van der Waals surface area contributed by atoms with E-state index in [1.807, 2.05) is 6.92 Å². The zero-order valence-electron chi connectivity index (χ0n) is 13.1. The van der Waals surface area contributed by atoms with Gasteiger partial charge >= 0.3 is 0 Å². The van der Waals surface area contributed by atoms with Gasteiger partial charge in [0.2, 0.25) is 5.91 Å². The number of hydrogen-bond donors (Lipinski definition) is 2. The summed E-state index contributed by atoms with van der Waals surface area (Å²) in [7, 11) is 1.63. The first kappa shape index (κ1) is 18.0. The van der Waals surface area contributed by atoms with Crippen molar-refractivity contribution < 1.29 is 9.53 Å². The number of benzene rings is 1. The van der Waals surface area contributed by atoms with Crippen molar-refractivity contribution in [3.63, 3.8) is 0 Å². The summed E-state index contributed by atoms with van der Waals surface area (Å²) in [5.41, 5.74) is 1.27. The van der Waals surface area contributed by atoms with Gasteiger partial charge in [-0.15, -0.1) is 11.8 Å². The van der Waals surface area contributed by atoms with Crippen LogP contribution in [-0.2, 0) is 16.1 Å². The summed E-state index contributed by atoms with van der Waals surface area (Å²) in [6.45, 7) is 7.11. The van der Waals surface area contributed by atoms with Gasteiger partial charge in [-0.1, -0.05) is 19.1 Å². The number of rotatable bonds is 10. The van der Waals surface area contributed by atoms with Crippen molar-refractivity contribution in [1.29, 1.82) is 0 Å². The highest BCUT2D eigenvalue weighted by molar-refractivity contribution is 8.00. The first-order chi connectivity index (χ1) is 10.2. The van der Waals surface area contributed by atoms with Gasteiger partial charge in [0.15, 0.2) is 0 Å². The summed E-state index contributed by atoms with van der Waals surface area (Å²) in [5.74, 6) is 0.0470. The first-order valence-corrected chi connectivity index (χ1v) is 8.28. The minimum Gasteiger partial charge on any atom is -0.383 e. The highest BCUT2D eigenvalue weighted by Crippen LogP contribution is 2.23. The summed E-state index contributed by atoms with van der Waals surface area (Å²) in [6, 6.07) is 8.38. The Morgan fingerprint density at radius 2 is 2.00 bits per heavy atom. The summed E-state index contributed by atoms with van der Waals surface area (Å²) in [6.07, 6.45) is 1.14. The van der Waals surface area contributed by atoms with E-state index in [0.29, 0.717) is 13.2 Å². The molecule has 1 atom stereocenters. The molecular formula is C16H26N2O2S. The Kier molecular flexibility index (Phi) is 9.14. The number of ether oxygens (including phenoxy) is 1. The molecule has 0 spiro atoms. The number of carbonyl (C=O) groups excluding carboxylic acids is 1. The second kappa shape index (κ2) is 10.7. The van der Waals surface area contributed by atoms with Gasteiger partial charge in [-0.3, -0.25) is 4.79 Å². The lowest BCUT2D eigenvalue weighted by molar-refractivity contribution is -0.120. The molecule has 0 aliphatic carbocycles. The van der Waals surface area contributed by atoms with Crippen LogP contribution in [0.4, 0.5) is 0 Å². The van der Waals surface area contributed by atoms with Crippen molar-refractivity contribution in [2.45, 2.75) is 37.0 Å². The fourth-order valence-electron chi connectivity index (χ4n) is 1.77. The zero-order chi connectivity index (χ0) is 15.5. The zero-order valence-corrected chi connectivity index (χ0v) is 14.0. The minimum atomic E-state index is -0.106. The molecule has 1 amide bonds. The Labute approximate surface area is 132 Å². The normalized spacial score (nSPS) is 12.1. The van der Waals surface area contributed by atoms with E-state index in [4.69, 9.17) is 4.74 Å². The largest absolute Gasteiger partial charge is 0.383 e. The Morgan fingerprint density at radius 3 is 2.62 bits per heavy atom. The quantitative estimate of drug-likeness (QED) is 0.515. The third-order valence-electron chi connectivity index (χ3n) is 2.97. The molecular weight excluding hydrogens is 284 g/mol. The molecule has 21 heavy (non-hydrogen) atoms. The standard InChI is InChI=1S/C16H26N2O2S/c1-4-9-17-12-14-5-7-15(8-6-14)21-13(2)16(19)18-10-11-20-3/h5-8,13,17H,4,9-12H2,1-3H3,(H,18,19). The van der Waals surface area contributed by atoms with E-state index in [1.165, 1.54) is 5.56 Å². The SMILES string of the molecule is CCCNCc1ccc(SC(C)C(=O)NCCOC)cc1. The monoisotopic (exact) mass is 310 g/mol.